The number of aryl methyl sites for hydroxylation is 1. The van der Waals surface area contributed by atoms with Gasteiger partial charge in [0, 0.05) is 23.9 Å². The van der Waals surface area contributed by atoms with Gasteiger partial charge in [0.05, 0.1) is 23.2 Å². The molecule has 4 amide bonds. The van der Waals surface area contributed by atoms with Crippen molar-refractivity contribution < 1.29 is 14.4 Å². The van der Waals surface area contributed by atoms with Crippen LogP contribution in [-0.4, -0.2) is 52.2 Å². The Labute approximate surface area is 180 Å². The van der Waals surface area contributed by atoms with Gasteiger partial charge in [0.1, 0.15) is 4.83 Å². The third-order valence-corrected chi connectivity index (χ3v) is 7.09. The van der Waals surface area contributed by atoms with Gasteiger partial charge in [-0.2, -0.15) is 5.10 Å². The van der Waals surface area contributed by atoms with Gasteiger partial charge in [-0.05, 0) is 25.8 Å². The van der Waals surface area contributed by atoms with Crippen LogP contribution in [0.1, 0.15) is 67.4 Å². The van der Waals surface area contributed by atoms with Crippen molar-refractivity contribution in [1.29, 1.82) is 0 Å². The summed E-state index contributed by atoms with van der Waals surface area (Å²) in [6.45, 7) is 6.53. The van der Waals surface area contributed by atoms with Crippen LogP contribution in [-0.2, 0) is 4.79 Å². The molecule has 30 heavy (non-hydrogen) atoms. The van der Waals surface area contributed by atoms with Gasteiger partial charge in [0.25, 0.3) is 5.91 Å². The number of carbonyl (C=O) groups is 3. The van der Waals surface area contributed by atoms with Crippen LogP contribution < -0.4 is 10.6 Å². The van der Waals surface area contributed by atoms with Crippen LogP contribution in [0.25, 0.3) is 10.2 Å². The number of fused-ring (bicyclic) bond motifs is 1. The molecule has 0 radical (unpaired) electrons. The Kier molecular flexibility index (Phi) is 5.57. The lowest BCUT2D eigenvalue weighted by atomic mass is 9.92. The van der Waals surface area contributed by atoms with Gasteiger partial charge in [-0.1, -0.05) is 33.1 Å². The van der Waals surface area contributed by atoms with E-state index in [1.165, 1.54) is 35.5 Å². The summed E-state index contributed by atoms with van der Waals surface area (Å²) in [5.74, 6) is -0.359. The number of rotatable bonds is 6. The van der Waals surface area contributed by atoms with Gasteiger partial charge in [0.2, 0.25) is 5.91 Å². The van der Waals surface area contributed by atoms with Gasteiger partial charge in [-0.25, -0.2) is 4.79 Å². The van der Waals surface area contributed by atoms with Crippen LogP contribution in [0.2, 0.25) is 0 Å². The molecule has 0 bridgehead atoms. The van der Waals surface area contributed by atoms with Crippen molar-refractivity contribution in [3.63, 3.8) is 0 Å². The Hall–Kier alpha value is -2.42. The third kappa shape index (κ3) is 4.08. The van der Waals surface area contributed by atoms with E-state index in [2.05, 4.69) is 15.3 Å². The normalized spacial score (nSPS) is 18.3. The molecule has 2 fully saturated rings. The van der Waals surface area contributed by atoms with Gasteiger partial charge in [0.15, 0.2) is 0 Å². The molecule has 162 valence electrons. The molecule has 1 saturated carbocycles. The second-order valence-electron chi connectivity index (χ2n) is 9.14. The predicted octanol–water partition coefficient (Wildman–Crippen LogP) is 3.22. The lowest BCUT2D eigenvalue weighted by Gasteiger charge is -2.28. The summed E-state index contributed by atoms with van der Waals surface area (Å²) in [6, 6.07) is 1.99. The number of thiophene rings is 1. The van der Waals surface area contributed by atoms with E-state index in [0.717, 1.165) is 28.8 Å². The number of amides is 4. The number of urea groups is 1. The fourth-order valence-electron chi connectivity index (χ4n) is 4.26. The van der Waals surface area contributed by atoms with Gasteiger partial charge in [-0.3, -0.25) is 19.2 Å². The van der Waals surface area contributed by atoms with E-state index in [1.807, 2.05) is 26.8 Å². The van der Waals surface area contributed by atoms with E-state index in [0.29, 0.717) is 17.5 Å². The fraction of sp³-hybridized carbons (Fsp3) is 0.619. The molecule has 2 aromatic rings. The van der Waals surface area contributed by atoms with E-state index < -0.39 is 5.41 Å². The van der Waals surface area contributed by atoms with E-state index in [4.69, 9.17) is 5.10 Å². The SMILES string of the molecule is Cc1nn(C2CCCCC2)c2sc(C(=O)NCC(C)(C)CN3C(=O)CNC3=O)cc12. The van der Waals surface area contributed by atoms with Gasteiger partial charge in [-0.15, -0.1) is 11.3 Å². The summed E-state index contributed by atoms with van der Waals surface area (Å²) in [5, 5.41) is 11.3. The number of carbonyl (C=O) groups excluding carboxylic acids is 3. The maximum absolute atomic E-state index is 12.8. The summed E-state index contributed by atoms with van der Waals surface area (Å²) < 4.78 is 2.13. The number of hydrogen-bond donors (Lipinski definition) is 2. The number of nitrogens with one attached hydrogen (secondary N) is 2. The van der Waals surface area contributed by atoms with Crippen molar-refractivity contribution in [3.05, 3.63) is 16.6 Å². The quantitative estimate of drug-likeness (QED) is 0.687. The highest BCUT2D eigenvalue weighted by molar-refractivity contribution is 7.20. The standard InChI is InChI=1S/C21H29N5O3S/c1-13-15-9-16(30-19(15)26(24-13)14-7-5-4-6-8-14)18(28)23-11-21(2,3)12-25-17(27)10-22-20(25)29/h9,14H,4-8,10-12H2,1-3H3,(H,22,29)(H,23,28). The molecule has 1 aliphatic heterocycles. The molecule has 8 nitrogen and oxygen atoms in total. The van der Waals surface area contributed by atoms with Crippen LogP contribution in [0.3, 0.4) is 0 Å². The number of imide groups is 1. The van der Waals surface area contributed by atoms with Crippen LogP contribution >= 0.6 is 11.3 Å². The summed E-state index contributed by atoms with van der Waals surface area (Å²) in [4.78, 5) is 39.4. The average molecular weight is 432 g/mol. The smallest absolute Gasteiger partial charge is 0.324 e. The maximum Gasteiger partial charge on any atom is 0.324 e. The third-order valence-electron chi connectivity index (χ3n) is 5.96. The molecule has 9 heteroatoms. The van der Waals surface area contributed by atoms with Gasteiger partial charge >= 0.3 is 6.03 Å². The van der Waals surface area contributed by atoms with Crippen LogP contribution in [0.5, 0.6) is 0 Å². The molecule has 0 unspecified atom stereocenters. The van der Waals surface area contributed by atoms with Crippen LogP contribution in [0.4, 0.5) is 4.79 Å². The summed E-state index contributed by atoms with van der Waals surface area (Å²) in [5.41, 5.74) is 0.531. The van der Waals surface area contributed by atoms with E-state index in [9.17, 15) is 14.4 Å². The predicted molar refractivity (Wildman–Crippen MR) is 116 cm³/mol. The Bertz CT molecular complexity index is 970. The zero-order chi connectivity index (χ0) is 21.5. The first kappa shape index (κ1) is 20.8. The minimum Gasteiger partial charge on any atom is -0.351 e. The van der Waals surface area contributed by atoms with Crippen LogP contribution in [0.15, 0.2) is 6.07 Å². The first-order valence-corrected chi connectivity index (χ1v) is 11.4. The molecular formula is C21H29N5O3S. The fourth-order valence-corrected chi connectivity index (χ4v) is 5.41. The highest BCUT2D eigenvalue weighted by atomic mass is 32.1. The Morgan fingerprint density at radius 2 is 2.03 bits per heavy atom. The molecule has 3 heterocycles. The topological polar surface area (TPSA) is 96.3 Å². The highest BCUT2D eigenvalue weighted by Gasteiger charge is 2.34. The van der Waals surface area contributed by atoms with E-state index in [1.54, 1.807) is 0 Å². The van der Waals surface area contributed by atoms with Crippen molar-refractivity contribution in [3.8, 4) is 0 Å². The molecule has 1 aliphatic carbocycles. The highest BCUT2D eigenvalue weighted by Crippen LogP contribution is 2.35. The van der Waals surface area contributed by atoms with E-state index >= 15 is 0 Å². The average Bonchev–Trinajstić information content (AvgIpc) is 3.38. The summed E-state index contributed by atoms with van der Waals surface area (Å²) in [7, 11) is 0. The Morgan fingerprint density at radius 3 is 2.70 bits per heavy atom. The number of nitrogens with zero attached hydrogens (tertiary/aromatic N) is 3. The Balaban J connectivity index is 1.44. The molecule has 0 aromatic carbocycles. The van der Waals surface area contributed by atoms with E-state index in [-0.39, 0.29) is 30.9 Å². The number of hydrogen-bond acceptors (Lipinski definition) is 5. The van der Waals surface area contributed by atoms with Gasteiger partial charge < -0.3 is 10.6 Å². The maximum atomic E-state index is 12.8. The summed E-state index contributed by atoms with van der Waals surface area (Å²) >= 11 is 1.49. The van der Waals surface area contributed by atoms with Crippen molar-refractivity contribution >= 4 is 39.4 Å². The zero-order valence-corrected chi connectivity index (χ0v) is 18.6. The second kappa shape index (κ2) is 8.02. The van der Waals surface area contributed by atoms with Crippen molar-refractivity contribution in [2.24, 2.45) is 5.41 Å². The first-order chi connectivity index (χ1) is 14.2. The molecule has 0 spiro atoms. The molecule has 2 aliphatic rings. The largest absolute Gasteiger partial charge is 0.351 e. The molecule has 0 atom stereocenters. The van der Waals surface area contributed by atoms with Crippen molar-refractivity contribution in [1.82, 2.24) is 25.3 Å². The summed E-state index contributed by atoms with van der Waals surface area (Å²) in [6.07, 6.45) is 6.05. The molecular weight excluding hydrogens is 402 g/mol. The van der Waals surface area contributed by atoms with Crippen molar-refractivity contribution in [2.45, 2.75) is 58.9 Å². The monoisotopic (exact) mass is 431 g/mol. The molecule has 1 saturated heterocycles. The number of aromatic nitrogens is 2. The molecule has 4 rings (SSSR count). The molecule has 2 N–H and O–H groups in total. The second-order valence-corrected chi connectivity index (χ2v) is 10.2. The van der Waals surface area contributed by atoms with Crippen LogP contribution in [0, 0.1) is 12.3 Å². The lowest BCUT2D eigenvalue weighted by Crippen LogP contribution is -2.44. The molecule has 2 aromatic heterocycles. The lowest BCUT2D eigenvalue weighted by molar-refractivity contribution is -0.125. The zero-order valence-electron chi connectivity index (χ0n) is 17.8. The Morgan fingerprint density at radius 1 is 1.30 bits per heavy atom. The first-order valence-electron chi connectivity index (χ1n) is 10.6. The minimum atomic E-state index is -0.432. The van der Waals surface area contributed by atoms with Crippen molar-refractivity contribution in [2.75, 3.05) is 19.6 Å². The minimum absolute atomic E-state index is 0.0421.